The summed E-state index contributed by atoms with van der Waals surface area (Å²) in [7, 11) is 0. The predicted molar refractivity (Wildman–Crippen MR) is 82.9 cm³/mol. The Labute approximate surface area is 134 Å². The number of hydrogen-bond donors (Lipinski definition) is 2. The molecule has 110 valence electrons. The minimum atomic E-state index is -0.645. The summed E-state index contributed by atoms with van der Waals surface area (Å²) in [6.07, 6.45) is 0. The molecule has 0 atom stereocenters. The summed E-state index contributed by atoms with van der Waals surface area (Å²) in [5, 5.41) is 12.1. The molecule has 3 N–H and O–H groups in total. The Balaban J connectivity index is 2.40. The van der Waals surface area contributed by atoms with E-state index in [0.29, 0.717) is 10.8 Å². The van der Waals surface area contributed by atoms with Crippen molar-refractivity contribution >= 4 is 33.4 Å². The van der Waals surface area contributed by atoms with E-state index >= 15 is 0 Å². The largest absolute Gasteiger partial charge is 0.454 e. The summed E-state index contributed by atoms with van der Waals surface area (Å²) < 4.78 is 19.9. The number of nitrogens with zero attached hydrogens (tertiary/aromatic N) is 1. The van der Waals surface area contributed by atoms with Gasteiger partial charge in [-0.3, -0.25) is 0 Å². The maximum absolute atomic E-state index is 14.3. The zero-order chi connectivity index (χ0) is 15.6. The van der Waals surface area contributed by atoms with E-state index in [4.69, 9.17) is 27.3 Å². The molecule has 4 nitrogen and oxygen atoms in total. The van der Waals surface area contributed by atoms with Crippen molar-refractivity contribution in [1.82, 2.24) is 0 Å². The molecule has 2 aromatic rings. The lowest BCUT2D eigenvalue weighted by atomic mass is 10.2. The summed E-state index contributed by atoms with van der Waals surface area (Å²) in [6, 6.07) is 7.92. The van der Waals surface area contributed by atoms with Crippen LogP contribution in [0.5, 0.6) is 11.5 Å². The van der Waals surface area contributed by atoms with Gasteiger partial charge in [0.05, 0.1) is 4.47 Å². The van der Waals surface area contributed by atoms with Crippen LogP contribution in [0.4, 0.5) is 4.39 Å². The van der Waals surface area contributed by atoms with Crippen molar-refractivity contribution in [3.63, 3.8) is 0 Å². The number of amidine groups is 1. The number of benzene rings is 2. The zero-order valence-electron chi connectivity index (χ0n) is 10.9. The number of halogens is 3. The van der Waals surface area contributed by atoms with Gasteiger partial charge in [0.25, 0.3) is 0 Å². The minimum Gasteiger partial charge on any atom is -0.454 e. The SMILES string of the molecule is Cc1cc(Cl)ccc1Oc1ccc(/C(N)=N/O)c(Br)c1F. The van der Waals surface area contributed by atoms with Crippen molar-refractivity contribution < 1.29 is 14.3 Å². The molecular weight excluding hydrogens is 363 g/mol. The van der Waals surface area contributed by atoms with E-state index in [1.807, 2.05) is 0 Å². The average molecular weight is 374 g/mol. The van der Waals surface area contributed by atoms with Gasteiger partial charge in [-0.05, 0) is 58.7 Å². The molecule has 21 heavy (non-hydrogen) atoms. The van der Waals surface area contributed by atoms with Gasteiger partial charge in [0.15, 0.2) is 17.4 Å². The van der Waals surface area contributed by atoms with E-state index in [9.17, 15) is 4.39 Å². The number of rotatable bonds is 3. The van der Waals surface area contributed by atoms with Crippen molar-refractivity contribution in [3.8, 4) is 11.5 Å². The molecule has 0 aliphatic rings. The van der Waals surface area contributed by atoms with E-state index in [1.54, 1.807) is 25.1 Å². The van der Waals surface area contributed by atoms with Gasteiger partial charge in [0.1, 0.15) is 5.75 Å². The van der Waals surface area contributed by atoms with Crippen molar-refractivity contribution in [3.05, 3.63) is 56.8 Å². The Bertz CT molecular complexity index is 722. The van der Waals surface area contributed by atoms with Crippen LogP contribution in [0.1, 0.15) is 11.1 Å². The van der Waals surface area contributed by atoms with Gasteiger partial charge in [-0.2, -0.15) is 0 Å². The van der Waals surface area contributed by atoms with Crippen molar-refractivity contribution in [1.29, 1.82) is 0 Å². The smallest absolute Gasteiger partial charge is 0.180 e. The Morgan fingerprint density at radius 1 is 1.33 bits per heavy atom. The van der Waals surface area contributed by atoms with Crippen LogP contribution in [-0.2, 0) is 0 Å². The van der Waals surface area contributed by atoms with Crippen LogP contribution in [0.25, 0.3) is 0 Å². The van der Waals surface area contributed by atoms with Crippen LogP contribution in [0.2, 0.25) is 5.02 Å². The third-order valence-corrected chi connectivity index (χ3v) is 3.80. The first kappa shape index (κ1) is 15.6. The number of oxime groups is 1. The molecule has 0 radical (unpaired) electrons. The molecule has 2 rings (SSSR count). The Kier molecular flexibility index (Phi) is 4.69. The molecule has 0 amide bonds. The van der Waals surface area contributed by atoms with Crippen LogP contribution < -0.4 is 10.5 Å². The molecule has 2 aromatic carbocycles. The summed E-state index contributed by atoms with van der Waals surface area (Å²) in [5.74, 6) is -0.341. The quantitative estimate of drug-likeness (QED) is 0.362. The molecule has 0 heterocycles. The number of hydrogen-bond acceptors (Lipinski definition) is 3. The maximum Gasteiger partial charge on any atom is 0.180 e. The second-order valence-corrected chi connectivity index (χ2v) is 5.47. The second kappa shape index (κ2) is 6.32. The average Bonchev–Trinajstić information content (AvgIpc) is 2.46. The number of nitrogens with two attached hydrogens (primary N) is 1. The molecule has 0 fully saturated rings. The predicted octanol–water partition coefficient (Wildman–Crippen LogP) is 4.44. The fourth-order valence-corrected chi connectivity index (χ4v) is 2.47. The highest BCUT2D eigenvalue weighted by Gasteiger charge is 2.16. The molecular formula is C14H11BrClFN2O2. The Hall–Kier alpha value is -1.79. The van der Waals surface area contributed by atoms with Gasteiger partial charge in [0, 0.05) is 10.6 Å². The summed E-state index contributed by atoms with van der Waals surface area (Å²) in [6.45, 7) is 1.80. The van der Waals surface area contributed by atoms with E-state index in [2.05, 4.69) is 21.1 Å². The van der Waals surface area contributed by atoms with Gasteiger partial charge in [0.2, 0.25) is 0 Å². The van der Waals surface area contributed by atoms with Crippen molar-refractivity contribution in [2.75, 3.05) is 0 Å². The van der Waals surface area contributed by atoms with E-state index in [0.717, 1.165) is 5.56 Å². The van der Waals surface area contributed by atoms with Crippen LogP contribution in [0, 0.1) is 12.7 Å². The monoisotopic (exact) mass is 372 g/mol. The molecule has 0 saturated carbocycles. The third-order valence-electron chi connectivity index (χ3n) is 2.79. The topological polar surface area (TPSA) is 67.8 Å². The molecule has 0 saturated heterocycles. The third kappa shape index (κ3) is 3.28. The lowest BCUT2D eigenvalue weighted by Crippen LogP contribution is -2.14. The normalized spacial score (nSPS) is 11.5. The Morgan fingerprint density at radius 2 is 2.00 bits per heavy atom. The molecule has 7 heteroatoms. The first-order valence-electron chi connectivity index (χ1n) is 5.84. The van der Waals surface area contributed by atoms with Crippen LogP contribution >= 0.6 is 27.5 Å². The van der Waals surface area contributed by atoms with Gasteiger partial charge in [-0.15, -0.1) is 0 Å². The standard InChI is InChI=1S/C14H11BrClFN2O2/c1-7-6-8(16)2-4-10(7)21-11-5-3-9(14(18)19-20)12(15)13(11)17/h2-6,20H,1H3,(H2,18,19). The first-order chi connectivity index (χ1) is 9.93. The number of aryl methyl sites for hydroxylation is 1. The van der Waals surface area contributed by atoms with Crippen LogP contribution in [0.3, 0.4) is 0 Å². The van der Waals surface area contributed by atoms with Crippen molar-refractivity contribution in [2.45, 2.75) is 6.92 Å². The second-order valence-electron chi connectivity index (χ2n) is 4.24. The molecule has 0 aromatic heterocycles. The minimum absolute atomic E-state index is 0.0155. The van der Waals surface area contributed by atoms with E-state index in [1.165, 1.54) is 12.1 Å². The summed E-state index contributed by atoms with van der Waals surface area (Å²) in [4.78, 5) is 0. The van der Waals surface area contributed by atoms with Gasteiger partial charge < -0.3 is 15.7 Å². The highest BCUT2D eigenvalue weighted by Crippen LogP contribution is 2.33. The van der Waals surface area contributed by atoms with Gasteiger partial charge in [-0.25, -0.2) is 4.39 Å². The zero-order valence-corrected chi connectivity index (χ0v) is 13.2. The highest BCUT2D eigenvalue weighted by atomic mass is 79.9. The molecule has 0 aliphatic heterocycles. The van der Waals surface area contributed by atoms with Crippen LogP contribution in [0.15, 0.2) is 40.0 Å². The first-order valence-corrected chi connectivity index (χ1v) is 7.01. The van der Waals surface area contributed by atoms with Crippen LogP contribution in [-0.4, -0.2) is 11.0 Å². The summed E-state index contributed by atoms with van der Waals surface area (Å²) >= 11 is 8.93. The lowest BCUT2D eigenvalue weighted by Gasteiger charge is -2.12. The fourth-order valence-electron chi connectivity index (χ4n) is 1.71. The van der Waals surface area contributed by atoms with E-state index < -0.39 is 5.82 Å². The van der Waals surface area contributed by atoms with Gasteiger partial charge in [-0.1, -0.05) is 16.8 Å². The molecule has 0 bridgehead atoms. The fraction of sp³-hybridized carbons (Fsp3) is 0.0714. The Morgan fingerprint density at radius 3 is 2.62 bits per heavy atom. The number of ether oxygens (including phenoxy) is 1. The molecule has 0 spiro atoms. The van der Waals surface area contributed by atoms with Crippen molar-refractivity contribution in [2.24, 2.45) is 10.9 Å². The summed E-state index contributed by atoms with van der Waals surface area (Å²) in [5.41, 5.74) is 6.46. The van der Waals surface area contributed by atoms with Gasteiger partial charge >= 0.3 is 0 Å². The molecule has 0 aliphatic carbocycles. The van der Waals surface area contributed by atoms with E-state index in [-0.39, 0.29) is 21.6 Å². The molecule has 0 unspecified atom stereocenters. The maximum atomic E-state index is 14.3. The lowest BCUT2D eigenvalue weighted by molar-refractivity contribution is 0.318. The highest BCUT2D eigenvalue weighted by molar-refractivity contribution is 9.10.